The zero-order valence-corrected chi connectivity index (χ0v) is 19.7. The van der Waals surface area contributed by atoms with E-state index in [1.54, 1.807) is 14.2 Å². The number of aromatic nitrogens is 1. The van der Waals surface area contributed by atoms with Gasteiger partial charge in [-0.05, 0) is 97.8 Å². The summed E-state index contributed by atoms with van der Waals surface area (Å²) in [7, 11) is 3.36. The molecule has 4 heteroatoms. The van der Waals surface area contributed by atoms with Gasteiger partial charge in [-0.15, -0.1) is 0 Å². The Morgan fingerprint density at radius 3 is 1.39 bits per heavy atom. The van der Waals surface area contributed by atoms with E-state index >= 15 is 0 Å². The fourth-order valence-corrected chi connectivity index (χ4v) is 3.97. The maximum Gasteiger partial charge on any atom is 0.118 e. The van der Waals surface area contributed by atoms with Gasteiger partial charge in [0.05, 0.1) is 25.6 Å². The number of methoxy groups -OCH3 is 2. The molecular formula is C29H30N2O2. The lowest BCUT2D eigenvalue weighted by Gasteiger charge is -2.21. The highest BCUT2D eigenvalue weighted by molar-refractivity contribution is 5.77. The van der Waals surface area contributed by atoms with Crippen molar-refractivity contribution >= 4 is 5.69 Å². The highest BCUT2D eigenvalue weighted by Gasteiger charge is 2.10. The normalized spacial score (nSPS) is 10.7. The SMILES string of the molecule is CCN(CC)c1ccc(-c2cc(-c3ccc(OC)cc3)nc(-c3ccc(OC)cc3)c2)cc1. The highest BCUT2D eigenvalue weighted by atomic mass is 16.5. The topological polar surface area (TPSA) is 34.6 Å². The van der Waals surface area contributed by atoms with Crippen LogP contribution in [0.2, 0.25) is 0 Å². The Balaban J connectivity index is 1.79. The Labute approximate surface area is 196 Å². The average molecular weight is 439 g/mol. The van der Waals surface area contributed by atoms with E-state index < -0.39 is 0 Å². The first kappa shape index (κ1) is 22.4. The number of hydrogen-bond donors (Lipinski definition) is 0. The molecule has 0 saturated heterocycles. The number of ether oxygens (including phenoxy) is 2. The second-order valence-corrected chi connectivity index (χ2v) is 7.80. The predicted molar refractivity (Wildman–Crippen MR) is 137 cm³/mol. The Kier molecular flexibility index (Phi) is 6.94. The molecule has 0 N–H and O–H groups in total. The van der Waals surface area contributed by atoms with Gasteiger partial charge < -0.3 is 14.4 Å². The van der Waals surface area contributed by atoms with Gasteiger partial charge in [-0.1, -0.05) is 12.1 Å². The van der Waals surface area contributed by atoms with Crippen LogP contribution in [0.25, 0.3) is 33.6 Å². The van der Waals surface area contributed by atoms with E-state index in [2.05, 4.69) is 55.1 Å². The van der Waals surface area contributed by atoms with Gasteiger partial charge in [0.25, 0.3) is 0 Å². The first-order valence-corrected chi connectivity index (χ1v) is 11.3. The second kappa shape index (κ2) is 10.2. The molecule has 0 fully saturated rings. The zero-order valence-electron chi connectivity index (χ0n) is 19.7. The lowest BCUT2D eigenvalue weighted by Crippen LogP contribution is -2.21. The number of anilines is 1. The minimum atomic E-state index is 0.831. The molecule has 3 aromatic carbocycles. The Hall–Kier alpha value is -3.79. The number of nitrogens with zero attached hydrogens (tertiary/aromatic N) is 2. The van der Waals surface area contributed by atoms with Gasteiger partial charge in [-0.2, -0.15) is 0 Å². The van der Waals surface area contributed by atoms with Gasteiger partial charge in [0.15, 0.2) is 0 Å². The van der Waals surface area contributed by atoms with Crippen molar-refractivity contribution in [3.8, 4) is 45.1 Å². The molecule has 4 aromatic rings. The van der Waals surface area contributed by atoms with Crippen molar-refractivity contribution in [2.75, 3.05) is 32.2 Å². The third-order valence-electron chi connectivity index (χ3n) is 5.93. The van der Waals surface area contributed by atoms with Crippen LogP contribution in [-0.4, -0.2) is 32.3 Å². The van der Waals surface area contributed by atoms with Crippen LogP contribution in [0.4, 0.5) is 5.69 Å². The molecule has 168 valence electrons. The lowest BCUT2D eigenvalue weighted by atomic mass is 9.99. The molecule has 0 aliphatic carbocycles. The molecule has 0 aliphatic rings. The van der Waals surface area contributed by atoms with Crippen LogP contribution in [-0.2, 0) is 0 Å². The number of benzene rings is 3. The van der Waals surface area contributed by atoms with Gasteiger partial charge in [0, 0.05) is 29.9 Å². The van der Waals surface area contributed by atoms with Crippen molar-refractivity contribution in [3.63, 3.8) is 0 Å². The van der Waals surface area contributed by atoms with E-state index in [0.717, 1.165) is 58.2 Å². The summed E-state index contributed by atoms with van der Waals surface area (Å²) in [6.45, 7) is 6.35. The van der Waals surface area contributed by atoms with Crippen molar-refractivity contribution in [3.05, 3.63) is 84.9 Å². The molecule has 0 bridgehead atoms. The predicted octanol–water partition coefficient (Wildman–Crippen LogP) is 6.95. The molecule has 0 saturated carbocycles. The summed E-state index contributed by atoms with van der Waals surface area (Å²) in [5.74, 6) is 1.66. The minimum absolute atomic E-state index is 0.831. The van der Waals surface area contributed by atoms with E-state index in [1.807, 2.05) is 48.5 Å². The molecule has 0 spiro atoms. The standard InChI is InChI=1S/C29H30N2O2/c1-5-31(6-2)25-13-7-21(8-14-25)24-19-28(22-9-15-26(32-3)16-10-22)30-29(20-24)23-11-17-27(33-4)18-12-23/h7-20H,5-6H2,1-4H3. The highest BCUT2D eigenvalue weighted by Crippen LogP contribution is 2.32. The lowest BCUT2D eigenvalue weighted by molar-refractivity contribution is 0.415. The molecule has 1 aromatic heterocycles. The Morgan fingerprint density at radius 1 is 0.576 bits per heavy atom. The van der Waals surface area contributed by atoms with Crippen molar-refractivity contribution < 1.29 is 9.47 Å². The molecule has 0 unspecified atom stereocenters. The van der Waals surface area contributed by atoms with Crippen molar-refractivity contribution in [2.45, 2.75) is 13.8 Å². The average Bonchev–Trinajstić information content (AvgIpc) is 2.89. The van der Waals surface area contributed by atoms with Gasteiger partial charge >= 0.3 is 0 Å². The first-order chi connectivity index (χ1) is 16.1. The quantitative estimate of drug-likeness (QED) is 0.298. The van der Waals surface area contributed by atoms with Crippen LogP contribution in [0.15, 0.2) is 84.9 Å². The molecule has 33 heavy (non-hydrogen) atoms. The summed E-state index contributed by atoms with van der Waals surface area (Å²) >= 11 is 0. The summed E-state index contributed by atoms with van der Waals surface area (Å²) in [6, 6.07) is 29.2. The van der Waals surface area contributed by atoms with Gasteiger partial charge in [0.2, 0.25) is 0 Å². The number of hydrogen-bond acceptors (Lipinski definition) is 4. The molecule has 0 radical (unpaired) electrons. The maximum atomic E-state index is 5.33. The summed E-state index contributed by atoms with van der Waals surface area (Å²) < 4.78 is 10.7. The molecule has 0 amide bonds. The Bertz CT molecular complexity index is 1110. The molecule has 1 heterocycles. The van der Waals surface area contributed by atoms with Crippen molar-refractivity contribution in [1.82, 2.24) is 4.98 Å². The van der Waals surface area contributed by atoms with E-state index in [4.69, 9.17) is 14.5 Å². The largest absolute Gasteiger partial charge is 0.497 e. The monoisotopic (exact) mass is 438 g/mol. The molecule has 0 atom stereocenters. The van der Waals surface area contributed by atoms with Crippen LogP contribution < -0.4 is 14.4 Å². The molecular weight excluding hydrogens is 408 g/mol. The van der Waals surface area contributed by atoms with E-state index in [0.29, 0.717) is 0 Å². The molecule has 4 rings (SSSR count). The third kappa shape index (κ3) is 5.01. The van der Waals surface area contributed by atoms with Crippen LogP contribution in [0.5, 0.6) is 11.5 Å². The second-order valence-electron chi connectivity index (χ2n) is 7.80. The number of pyridine rings is 1. The van der Waals surface area contributed by atoms with Gasteiger partial charge in [-0.25, -0.2) is 4.98 Å². The van der Waals surface area contributed by atoms with Crippen LogP contribution in [0.1, 0.15) is 13.8 Å². The molecule has 4 nitrogen and oxygen atoms in total. The summed E-state index contributed by atoms with van der Waals surface area (Å²) in [6.07, 6.45) is 0. The fourth-order valence-electron chi connectivity index (χ4n) is 3.97. The zero-order chi connectivity index (χ0) is 23.2. The van der Waals surface area contributed by atoms with Crippen molar-refractivity contribution in [1.29, 1.82) is 0 Å². The van der Waals surface area contributed by atoms with Gasteiger partial charge in [0.1, 0.15) is 11.5 Å². The maximum absolute atomic E-state index is 5.33. The van der Waals surface area contributed by atoms with E-state index in [-0.39, 0.29) is 0 Å². The summed E-state index contributed by atoms with van der Waals surface area (Å²) in [4.78, 5) is 7.34. The van der Waals surface area contributed by atoms with E-state index in [1.165, 1.54) is 5.69 Å². The van der Waals surface area contributed by atoms with Crippen LogP contribution in [0.3, 0.4) is 0 Å². The first-order valence-electron chi connectivity index (χ1n) is 11.3. The van der Waals surface area contributed by atoms with Crippen LogP contribution >= 0.6 is 0 Å². The van der Waals surface area contributed by atoms with Crippen molar-refractivity contribution in [2.24, 2.45) is 0 Å². The third-order valence-corrected chi connectivity index (χ3v) is 5.93. The minimum Gasteiger partial charge on any atom is -0.497 e. The number of rotatable bonds is 8. The Morgan fingerprint density at radius 2 is 1.00 bits per heavy atom. The summed E-state index contributed by atoms with van der Waals surface area (Å²) in [5, 5.41) is 0. The molecule has 0 aliphatic heterocycles. The van der Waals surface area contributed by atoms with E-state index in [9.17, 15) is 0 Å². The smallest absolute Gasteiger partial charge is 0.118 e. The summed E-state index contributed by atoms with van der Waals surface area (Å²) in [5.41, 5.74) is 7.48. The van der Waals surface area contributed by atoms with Gasteiger partial charge in [-0.3, -0.25) is 0 Å². The van der Waals surface area contributed by atoms with Crippen LogP contribution in [0, 0.1) is 0 Å². The fraction of sp³-hybridized carbons (Fsp3) is 0.207.